The predicted molar refractivity (Wildman–Crippen MR) is 111 cm³/mol. The minimum absolute atomic E-state index is 0.0136. The van der Waals surface area contributed by atoms with Crippen LogP contribution >= 0.6 is 0 Å². The van der Waals surface area contributed by atoms with Crippen molar-refractivity contribution in [1.29, 1.82) is 5.26 Å². The Bertz CT molecular complexity index is 1220. The summed E-state index contributed by atoms with van der Waals surface area (Å²) in [5.41, 5.74) is 7.96. The first-order valence-corrected chi connectivity index (χ1v) is 9.62. The normalized spacial score (nSPS) is 14.9. The maximum atomic E-state index is 12.2. The largest absolute Gasteiger partial charge is 0.482 e. The van der Waals surface area contributed by atoms with Gasteiger partial charge in [-0.3, -0.25) is 0 Å². The number of fused-ring (bicyclic) bond motifs is 1. The van der Waals surface area contributed by atoms with Gasteiger partial charge >= 0.3 is 5.97 Å². The summed E-state index contributed by atoms with van der Waals surface area (Å²) in [5, 5.41) is 9.58. The van der Waals surface area contributed by atoms with Gasteiger partial charge in [0.05, 0.1) is 5.92 Å². The number of hydrogen-bond acceptors (Lipinski definition) is 7. The average molecular weight is 416 g/mol. The van der Waals surface area contributed by atoms with E-state index in [2.05, 4.69) is 6.07 Å². The number of hydrogen-bond donors (Lipinski definition) is 1. The van der Waals surface area contributed by atoms with Crippen molar-refractivity contribution < 1.29 is 23.4 Å². The van der Waals surface area contributed by atoms with Gasteiger partial charge in [0.25, 0.3) is 0 Å². The number of ether oxygens (including phenoxy) is 3. The molecule has 1 unspecified atom stereocenters. The highest BCUT2D eigenvalue weighted by Gasteiger charge is 2.33. The molecule has 0 aliphatic carbocycles. The van der Waals surface area contributed by atoms with E-state index < -0.39 is 11.9 Å². The van der Waals surface area contributed by atoms with Crippen molar-refractivity contribution in [2.24, 2.45) is 5.73 Å². The van der Waals surface area contributed by atoms with Crippen LogP contribution in [0.5, 0.6) is 17.2 Å². The molecule has 2 N–H and O–H groups in total. The highest BCUT2D eigenvalue weighted by atomic mass is 16.6. The van der Waals surface area contributed by atoms with Crippen LogP contribution in [0.25, 0.3) is 0 Å². The predicted octanol–water partition coefficient (Wildman–Crippen LogP) is 4.10. The van der Waals surface area contributed by atoms with E-state index in [1.165, 1.54) is 0 Å². The van der Waals surface area contributed by atoms with Crippen LogP contribution in [0.3, 0.4) is 0 Å². The van der Waals surface area contributed by atoms with Crippen molar-refractivity contribution in [3.8, 4) is 23.3 Å². The van der Waals surface area contributed by atoms with Gasteiger partial charge < -0.3 is 24.4 Å². The summed E-state index contributed by atoms with van der Waals surface area (Å²) in [5.74, 6) is 1.48. The topological polar surface area (TPSA) is 108 Å². The first kappa shape index (κ1) is 20.1. The Morgan fingerprint density at radius 2 is 1.97 bits per heavy atom. The van der Waals surface area contributed by atoms with E-state index in [9.17, 15) is 10.1 Å². The monoisotopic (exact) mass is 416 g/mol. The fourth-order valence-corrected chi connectivity index (χ4v) is 3.41. The second-order valence-corrected chi connectivity index (χ2v) is 7.15. The number of nitrogens with two attached hydrogens (primary N) is 1. The standard InChI is InChI=1S/C24H20N2O5/c1-14-4-3-5-16(10-14)28-13-22(27)30-17-7-8-18-21(11-17)31-24(26)19(12-25)23(18)20-9-6-15(2)29-20/h3-11,23H,13,26H2,1-2H3. The van der Waals surface area contributed by atoms with Crippen LogP contribution in [0.2, 0.25) is 0 Å². The summed E-state index contributed by atoms with van der Waals surface area (Å²) >= 11 is 0. The molecule has 1 aliphatic heterocycles. The van der Waals surface area contributed by atoms with E-state index in [4.69, 9.17) is 24.4 Å². The summed E-state index contributed by atoms with van der Waals surface area (Å²) < 4.78 is 22.2. The van der Waals surface area contributed by atoms with Crippen molar-refractivity contribution in [2.45, 2.75) is 19.8 Å². The molecule has 7 nitrogen and oxygen atoms in total. The number of esters is 1. The molecule has 156 valence electrons. The minimum atomic E-state index is -0.559. The number of furan rings is 1. The molecule has 0 fully saturated rings. The molecule has 2 aromatic carbocycles. The molecule has 2 heterocycles. The number of nitriles is 1. The summed E-state index contributed by atoms with van der Waals surface area (Å²) in [4.78, 5) is 12.2. The third-order valence-electron chi connectivity index (χ3n) is 4.81. The van der Waals surface area contributed by atoms with Crippen LogP contribution in [0.1, 0.15) is 28.6 Å². The maximum absolute atomic E-state index is 12.2. The molecule has 1 aromatic heterocycles. The molecule has 31 heavy (non-hydrogen) atoms. The second kappa shape index (κ2) is 8.28. The number of allylic oxidation sites excluding steroid dienone is 1. The molecular formula is C24H20N2O5. The summed E-state index contributed by atoms with van der Waals surface area (Å²) in [6.45, 7) is 3.52. The lowest BCUT2D eigenvalue weighted by molar-refractivity contribution is -0.136. The van der Waals surface area contributed by atoms with Crippen molar-refractivity contribution >= 4 is 5.97 Å². The Morgan fingerprint density at radius 3 is 2.68 bits per heavy atom. The minimum Gasteiger partial charge on any atom is -0.482 e. The highest BCUT2D eigenvalue weighted by Crippen LogP contribution is 2.43. The zero-order chi connectivity index (χ0) is 22.0. The first-order valence-electron chi connectivity index (χ1n) is 9.62. The van der Waals surface area contributed by atoms with Crippen LogP contribution in [0, 0.1) is 25.2 Å². The lowest BCUT2D eigenvalue weighted by Gasteiger charge is -2.25. The molecule has 0 amide bonds. The van der Waals surface area contributed by atoms with E-state index in [0.29, 0.717) is 22.8 Å². The van der Waals surface area contributed by atoms with Gasteiger partial charge in [0.1, 0.15) is 40.4 Å². The van der Waals surface area contributed by atoms with E-state index >= 15 is 0 Å². The summed E-state index contributed by atoms with van der Waals surface area (Å²) in [6.07, 6.45) is 0. The first-order chi connectivity index (χ1) is 14.9. The van der Waals surface area contributed by atoms with Crippen molar-refractivity contribution in [3.63, 3.8) is 0 Å². The Kier molecular flexibility index (Phi) is 5.37. The molecule has 3 aromatic rings. The molecule has 0 bridgehead atoms. The Hall–Kier alpha value is -4.18. The van der Waals surface area contributed by atoms with Gasteiger partial charge in [-0.2, -0.15) is 5.26 Å². The lowest BCUT2D eigenvalue weighted by Crippen LogP contribution is -2.21. The third-order valence-corrected chi connectivity index (χ3v) is 4.81. The van der Waals surface area contributed by atoms with Crippen molar-refractivity contribution in [3.05, 3.63) is 88.7 Å². The molecule has 0 radical (unpaired) electrons. The quantitative estimate of drug-likeness (QED) is 0.493. The van der Waals surface area contributed by atoms with Crippen molar-refractivity contribution in [1.82, 2.24) is 0 Å². The summed E-state index contributed by atoms with van der Waals surface area (Å²) in [6, 6.07) is 18.0. The number of aryl methyl sites for hydroxylation is 2. The maximum Gasteiger partial charge on any atom is 0.349 e. The van der Waals surface area contributed by atoms with Gasteiger partial charge in [-0.25, -0.2) is 4.79 Å². The van der Waals surface area contributed by atoms with Crippen LogP contribution in [-0.2, 0) is 4.79 Å². The SMILES string of the molecule is Cc1cccc(OCC(=O)Oc2ccc3c(c2)OC(N)=C(C#N)C3c2ccc(C)o2)c1. The number of nitrogens with zero attached hydrogens (tertiary/aromatic N) is 1. The molecule has 0 spiro atoms. The van der Waals surface area contributed by atoms with Gasteiger partial charge in [-0.05, 0) is 49.7 Å². The second-order valence-electron chi connectivity index (χ2n) is 7.15. The molecule has 7 heteroatoms. The van der Waals surface area contributed by atoms with Crippen LogP contribution < -0.4 is 19.9 Å². The third kappa shape index (κ3) is 4.23. The molecule has 1 atom stereocenters. The van der Waals surface area contributed by atoms with Crippen LogP contribution in [-0.4, -0.2) is 12.6 Å². The van der Waals surface area contributed by atoms with Crippen LogP contribution in [0.4, 0.5) is 0 Å². The van der Waals surface area contributed by atoms with E-state index in [1.54, 1.807) is 30.3 Å². The molecular weight excluding hydrogens is 396 g/mol. The van der Waals surface area contributed by atoms with Crippen LogP contribution in [0.15, 0.2) is 70.5 Å². The average Bonchev–Trinajstić information content (AvgIpc) is 3.17. The number of carbonyl (C=O) groups is 1. The number of benzene rings is 2. The smallest absolute Gasteiger partial charge is 0.349 e. The summed E-state index contributed by atoms with van der Waals surface area (Å²) in [7, 11) is 0. The van der Waals surface area contributed by atoms with Gasteiger partial charge in [-0.15, -0.1) is 0 Å². The Labute approximate surface area is 179 Å². The highest BCUT2D eigenvalue weighted by molar-refractivity contribution is 5.74. The number of rotatable bonds is 5. The number of carbonyl (C=O) groups excluding carboxylic acids is 1. The molecule has 4 rings (SSSR count). The zero-order valence-electron chi connectivity index (χ0n) is 17.0. The molecule has 0 saturated carbocycles. The fraction of sp³-hybridized carbons (Fsp3) is 0.167. The molecule has 1 aliphatic rings. The Morgan fingerprint density at radius 1 is 1.13 bits per heavy atom. The van der Waals surface area contributed by atoms with E-state index in [0.717, 1.165) is 11.3 Å². The Balaban J connectivity index is 1.53. The molecule has 0 saturated heterocycles. The van der Waals surface area contributed by atoms with Gasteiger partial charge in [0.15, 0.2) is 6.61 Å². The van der Waals surface area contributed by atoms with E-state index in [-0.39, 0.29) is 23.8 Å². The van der Waals surface area contributed by atoms with Crippen molar-refractivity contribution in [2.75, 3.05) is 6.61 Å². The lowest BCUT2D eigenvalue weighted by atomic mass is 9.87. The van der Waals surface area contributed by atoms with Gasteiger partial charge in [0.2, 0.25) is 5.88 Å². The van der Waals surface area contributed by atoms with E-state index in [1.807, 2.05) is 38.1 Å². The fourth-order valence-electron chi connectivity index (χ4n) is 3.41. The van der Waals surface area contributed by atoms with Gasteiger partial charge in [-0.1, -0.05) is 18.2 Å². The van der Waals surface area contributed by atoms with Gasteiger partial charge in [0, 0.05) is 11.6 Å². The zero-order valence-corrected chi connectivity index (χ0v) is 17.0.